The van der Waals surface area contributed by atoms with Crippen LogP contribution in [-0.4, -0.2) is 47.4 Å². The van der Waals surface area contributed by atoms with Crippen LogP contribution in [0.5, 0.6) is 0 Å². The Bertz CT molecular complexity index is 924. The van der Waals surface area contributed by atoms with Crippen LogP contribution in [0.15, 0.2) is 12.2 Å². The largest absolute Gasteiger partial charge is 0.466 e. The molecule has 0 aromatic rings. The molecular weight excluding hydrogens is 767 g/mol. The lowest BCUT2D eigenvalue weighted by molar-refractivity contribution is -0.143. The summed E-state index contributed by atoms with van der Waals surface area (Å²) in [6, 6.07) is -0.628. The number of hydrogen-bond donors (Lipinski definition) is 3. The molecular formula is C56H109NO5. The minimum Gasteiger partial charge on any atom is -0.466 e. The van der Waals surface area contributed by atoms with Crippen molar-refractivity contribution >= 4 is 11.9 Å². The number of esters is 1. The van der Waals surface area contributed by atoms with Crippen LogP contribution in [0.4, 0.5) is 0 Å². The maximum Gasteiger partial charge on any atom is 0.305 e. The number of rotatable bonds is 52. The number of ether oxygens (including phenoxy) is 1. The first kappa shape index (κ1) is 60.6. The molecule has 2 unspecified atom stereocenters. The molecule has 0 saturated heterocycles. The van der Waals surface area contributed by atoms with Gasteiger partial charge in [0.05, 0.1) is 25.4 Å². The van der Waals surface area contributed by atoms with Gasteiger partial charge in [0.1, 0.15) is 0 Å². The van der Waals surface area contributed by atoms with E-state index < -0.39 is 12.1 Å². The van der Waals surface area contributed by atoms with E-state index in [0.717, 1.165) is 38.5 Å². The lowest BCUT2D eigenvalue weighted by Gasteiger charge is -2.20. The van der Waals surface area contributed by atoms with Crippen molar-refractivity contribution in [3.8, 4) is 0 Å². The molecule has 2 atom stereocenters. The van der Waals surface area contributed by atoms with Gasteiger partial charge in [0, 0.05) is 12.8 Å². The third-order valence-electron chi connectivity index (χ3n) is 13.1. The number of aliphatic hydroxyl groups is 2. The van der Waals surface area contributed by atoms with E-state index in [9.17, 15) is 19.8 Å². The molecule has 0 saturated carbocycles. The summed E-state index contributed by atoms with van der Waals surface area (Å²) in [5.74, 6) is -0.0621. The fraction of sp³-hybridized carbons (Fsp3) is 0.929. The summed E-state index contributed by atoms with van der Waals surface area (Å²) in [7, 11) is 0. The molecule has 0 heterocycles. The molecule has 6 heteroatoms. The second-order valence-electron chi connectivity index (χ2n) is 19.3. The number of carbonyl (C=O) groups is 2. The van der Waals surface area contributed by atoms with Crippen LogP contribution in [-0.2, 0) is 14.3 Å². The first-order valence-electron chi connectivity index (χ1n) is 28.0. The minimum atomic E-state index is -0.844. The number of carbonyl (C=O) groups excluding carboxylic acids is 2. The minimum absolute atomic E-state index is 0.0101. The van der Waals surface area contributed by atoms with Crippen LogP contribution in [0.2, 0.25) is 0 Å². The predicted octanol–water partition coefficient (Wildman–Crippen LogP) is 16.9. The zero-order chi connectivity index (χ0) is 45.1. The van der Waals surface area contributed by atoms with Gasteiger partial charge in [-0.3, -0.25) is 9.59 Å². The summed E-state index contributed by atoms with van der Waals surface area (Å²) in [4.78, 5) is 24.5. The Morgan fingerprint density at radius 3 is 1.10 bits per heavy atom. The molecule has 0 aromatic heterocycles. The maximum atomic E-state index is 12.4. The normalized spacial score (nSPS) is 12.6. The van der Waals surface area contributed by atoms with Crippen LogP contribution in [0.25, 0.3) is 0 Å². The van der Waals surface area contributed by atoms with Gasteiger partial charge < -0.3 is 20.3 Å². The van der Waals surface area contributed by atoms with Gasteiger partial charge in [-0.1, -0.05) is 276 Å². The van der Waals surface area contributed by atoms with Gasteiger partial charge in [0.25, 0.3) is 0 Å². The Balaban J connectivity index is 3.39. The van der Waals surface area contributed by atoms with Gasteiger partial charge in [0.15, 0.2) is 0 Å². The summed E-state index contributed by atoms with van der Waals surface area (Å²) in [6.45, 7) is 4.90. The van der Waals surface area contributed by atoms with Crippen LogP contribution < -0.4 is 5.32 Å². The van der Waals surface area contributed by atoms with E-state index in [1.807, 2.05) is 6.08 Å². The topological polar surface area (TPSA) is 95.9 Å². The highest BCUT2D eigenvalue weighted by Crippen LogP contribution is 2.17. The molecule has 6 nitrogen and oxygen atoms in total. The summed E-state index contributed by atoms with van der Waals surface area (Å²) in [6.07, 6.45) is 60.9. The summed E-state index contributed by atoms with van der Waals surface area (Å²) in [5.41, 5.74) is 0. The molecule has 0 rings (SSSR count). The van der Waals surface area contributed by atoms with Crippen molar-refractivity contribution in [1.82, 2.24) is 5.32 Å². The Morgan fingerprint density at radius 1 is 0.435 bits per heavy atom. The number of aliphatic hydroxyl groups excluding tert-OH is 2. The summed E-state index contributed by atoms with van der Waals surface area (Å²) in [5, 5.41) is 23.0. The van der Waals surface area contributed by atoms with Gasteiger partial charge >= 0.3 is 5.97 Å². The number of nitrogens with one attached hydrogen (secondary N) is 1. The highest BCUT2D eigenvalue weighted by atomic mass is 16.5. The van der Waals surface area contributed by atoms with E-state index >= 15 is 0 Å². The average Bonchev–Trinajstić information content (AvgIpc) is 3.27. The molecule has 0 aromatic carbocycles. The van der Waals surface area contributed by atoms with Crippen LogP contribution >= 0.6 is 0 Å². The van der Waals surface area contributed by atoms with Crippen molar-refractivity contribution < 1.29 is 24.5 Å². The van der Waals surface area contributed by atoms with Crippen LogP contribution in [0.3, 0.4) is 0 Å². The van der Waals surface area contributed by atoms with E-state index in [1.165, 1.54) is 244 Å². The lowest BCUT2D eigenvalue weighted by Crippen LogP contribution is -2.45. The zero-order valence-corrected chi connectivity index (χ0v) is 41.9. The number of unbranched alkanes of at least 4 members (excludes halogenated alkanes) is 41. The van der Waals surface area contributed by atoms with Crippen molar-refractivity contribution in [1.29, 1.82) is 0 Å². The van der Waals surface area contributed by atoms with Gasteiger partial charge in [-0.05, 0) is 32.1 Å². The standard InChI is InChI=1S/C56H109NO5/c1-3-5-7-9-11-13-15-16-17-23-26-30-34-38-42-46-50-56(61)62-51-47-43-39-35-31-27-24-21-19-18-20-22-25-29-33-37-41-45-49-55(60)57-53(52-58)54(59)48-44-40-36-32-28-14-12-10-8-6-4-2/h44,48,53-54,58-59H,3-43,45-47,49-52H2,1-2H3,(H,57,60)/b48-44+. The molecule has 0 fully saturated rings. The highest BCUT2D eigenvalue weighted by molar-refractivity contribution is 5.76. The van der Waals surface area contributed by atoms with Gasteiger partial charge in [-0.2, -0.15) is 0 Å². The lowest BCUT2D eigenvalue weighted by atomic mass is 10.0. The van der Waals surface area contributed by atoms with Gasteiger partial charge in [-0.15, -0.1) is 0 Å². The Hall–Kier alpha value is -1.40. The second-order valence-corrected chi connectivity index (χ2v) is 19.3. The fourth-order valence-corrected chi connectivity index (χ4v) is 8.75. The molecule has 0 aliphatic carbocycles. The molecule has 62 heavy (non-hydrogen) atoms. The van der Waals surface area contributed by atoms with Crippen molar-refractivity contribution in [2.24, 2.45) is 0 Å². The Morgan fingerprint density at radius 2 is 0.742 bits per heavy atom. The van der Waals surface area contributed by atoms with Crippen molar-refractivity contribution in [3.05, 3.63) is 12.2 Å². The quantitative estimate of drug-likeness (QED) is 0.0321. The Kier molecular flexibility index (Phi) is 51.0. The molecule has 1 amide bonds. The molecule has 0 radical (unpaired) electrons. The predicted molar refractivity (Wildman–Crippen MR) is 269 cm³/mol. The van der Waals surface area contributed by atoms with E-state index in [0.29, 0.717) is 19.4 Å². The molecule has 0 aliphatic rings. The van der Waals surface area contributed by atoms with Crippen LogP contribution in [0, 0.1) is 0 Å². The third-order valence-corrected chi connectivity index (χ3v) is 13.1. The van der Waals surface area contributed by atoms with Gasteiger partial charge in [0.2, 0.25) is 5.91 Å². The first-order valence-corrected chi connectivity index (χ1v) is 28.0. The van der Waals surface area contributed by atoms with E-state index in [1.54, 1.807) is 6.08 Å². The smallest absolute Gasteiger partial charge is 0.305 e. The molecule has 368 valence electrons. The van der Waals surface area contributed by atoms with Crippen molar-refractivity contribution in [2.75, 3.05) is 13.2 Å². The number of allylic oxidation sites excluding steroid dienone is 1. The second kappa shape index (κ2) is 52.2. The van der Waals surface area contributed by atoms with E-state index in [4.69, 9.17) is 4.74 Å². The summed E-state index contributed by atoms with van der Waals surface area (Å²) < 4.78 is 5.48. The monoisotopic (exact) mass is 876 g/mol. The Labute approximate surface area is 387 Å². The molecule has 0 aliphatic heterocycles. The fourth-order valence-electron chi connectivity index (χ4n) is 8.75. The molecule has 3 N–H and O–H groups in total. The zero-order valence-electron chi connectivity index (χ0n) is 41.9. The maximum absolute atomic E-state index is 12.4. The van der Waals surface area contributed by atoms with Crippen molar-refractivity contribution in [2.45, 2.75) is 321 Å². The molecule has 0 bridgehead atoms. The molecule has 0 spiro atoms. The van der Waals surface area contributed by atoms with Crippen LogP contribution in [0.1, 0.15) is 309 Å². The van der Waals surface area contributed by atoms with Gasteiger partial charge in [-0.25, -0.2) is 0 Å². The SMILES string of the molecule is CCCCCCCCCCC/C=C/C(O)C(CO)NC(=O)CCCCCCCCCCCCCCCCCCCCOC(=O)CCCCCCCCCCCCCCCCCC. The average molecular weight is 876 g/mol. The third kappa shape index (κ3) is 48.1. The number of amides is 1. The summed E-state index contributed by atoms with van der Waals surface area (Å²) >= 11 is 0. The number of hydrogen-bond acceptors (Lipinski definition) is 5. The highest BCUT2D eigenvalue weighted by Gasteiger charge is 2.18. The van der Waals surface area contributed by atoms with E-state index in [2.05, 4.69) is 19.2 Å². The first-order chi connectivity index (χ1) is 30.5. The van der Waals surface area contributed by atoms with Crippen molar-refractivity contribution in [3.63, 3.8) is 0 Å². The van der Waals surface area contributed by atoms with E-state index in [-0.39, 0.29) is 18.5 Å².